The summed E-state index contributed by atoms with van der Waals surface area (Å²) in [6.07, 6.45) is 1.79. The predicted molar refractivity (Wildman–Crippen MR) is 142 cm³/mol. The van der Waals surface area contributed by atoms with Gasteiger partial charge in [-0.05, 0) is 72.6 Å². The average molecular weight is 548 g/mol. The molecule has 8 heteroatoms. The number of hydrogen-bond acceptors (Lipinski definition) is 5. The minimum Gasteiger partial charge on any atom is -0.454 e. The summed E-state index contributed by atoms with van der Waals surface area (Å²) >= 11 is 11.9. The van der Waals surface area contributed by atoms with Gasteiger partial charge in [0.1, 0.15) is 0 Å². The molecule has 2 aliphatic carbocycles. The summed E-state index contributed by atoms with van der Waals surface area (Å²) in [5, 5.41) is 0.555. The summed E-state index contributed by atoms with van der Waals surface area (Å²) < 4.78 is 5.21. The van der Waals surface area contributed by atoms with E-state index in [0.717, 1.165) is 12.8 Å². The van der Waals surface area contributed by atoms with E-state index in [1.165, 1.54) is 40.8 Å². The molecule has 0 spiro atoms. The maximum atomic E-state index is 13.6. The highest BCUT2D eigenvalue weighted by Gasteiger charge is 2.64. The fourth-order valence-corrected chi connectivity index (χ4v) is 7.09. The number of Topliss-reactive ketones (excluding diaryl/α,β-unsaturated/α-hetero) is 1. The number of rotatable bonds is 6. The summed E-state index contributed by atoms with van der Waals surface area (Å²) in [4.78, 5) is 53.5. The number of ether oxygens (including phenoxy) is 1. The number of carbonyl (C=O) groups excluding carboxylic acids is 4. The summed E-state index contributed by atoms with van der Waals surface area (Å²) in [5.41, 5.74) is 1.89. The van der Waals surface area contributed by atoms with Crippen molar-refractivity contribution >= 4 is 52.5 Å². The Morgan fingerprint density at radius 2 is 1.63 bits per heavy atom. The van der Waals surface area contributed by atoms with Crippen molar-refractivity contribution in [1.82, 2.24) is 0 Å². The molecule has 2 bridgehead atoms. The number of fused-ring (bicyclic) bond motifs is 5. The van der Waals surface area contributed by atoms with Crippen LogP contribution >= 0.6 is 23.2 Å². The molecule has 3 aromatic carbocycles. The van der Waals surface area contributed by atoms with Gasteiger partial charge in [-0.15, -0.1) is 0 Å². The Balaban J connectivity index is 1.18. The van der Waals surface area contributed by atoms with Crippen molar-refractivity contribution in [2.45, 2.75) is 18.8 Å². The number of halogens is 2. The van der Waals surface area contributed by atoms with Gasteiger partial charge in [0.25, 0.3) is 0 Å². The maximum absolute atomic E-state index is 13.6. The molecule has 5 atom stereocenters. The van der Waals surface area contributed by atoms with E-state index in [2.05, 4.69) is 12.1 Å². The molecular formula is C30H23Cl2NO5. The van der Waals surface area contributed by atoms with E-state index < -0.39 is 18.4 Å². The molecule has 6 nitrogen and oxygen atoms in total. The molecule has 0 unspecified atom stereocenters. The first-order valence-corrected chi connectivity index (χ1v) is 13.3. The van der Waals surface area contributed by atoms with Gasteiger partial charge in [-0.1, -0.05) is 59.6 Å². The third-order valence-corrected chi connectivity index (χ3v) is 8.70. The molecule has 38 heavy (non-hydrogen) atoms. The fraction of sp³-hybridized carbons (Fsp3) is 0.267. The molecule has 1 aliphatic heterocycles. The second kappa shape index (κ2) is 9.68. The Morgan fingerprint density at radius 3 is 2.39 bits per heavy atom. The normalized spacial score (nSPS) is 25.5. The van der Waals surface area contributed by atoms with Crippen LogP contribution in [0.1, 0.15) is 45.0 Å². The van der Waals surface area contributed by atoms with E-state index in [-0.39, 0.29) is 57.6 Å². The van der Waals surface area contributed by atoms with Crippen LogP contribution in [0.15, 0.2) is 72.8 Å². The van der Waals surface area contributed by atoms with Gasteiger partial charge in [-0.3, -0.25) is 19.3 Å². The van der Waals surface area contributed by atoms with Crippen molar-refractivity contribution < 1.29 is 23.9 Å². The maximum Gasteiger partial charge on any atom is 0.338 e. The van der Waals surface area contributed by atoms with Crippen LogP contribution in [0, 0.1) is 23.7 Å². The van der Waals surface area contributed by atoms with E-state index >= 15 is 0 Å². The molecule has 1 heterocycles. The summed E-state index contributed by atoms with van der Waals surface area (Å²) in [6, 6.07) is 20.9. The number of anilines is 1. The second-order valence-corrected chi connectivity index (χ2v) is 11.0. The lowest BCUT2D eigenvalue weighted by atomic mass is 9.73. The van der Waals surface area contributed by atoms with Gasteiger partial charge in [0.05, 0.1) is 28.1 Å². The largest absolute Gasteiger partial charge is 0.454 e. The zero-order valence-corrected chi connectivity index (χ0v) is 21.7. The van der Waals surface area contributed by atoms with Crippen LogP contribution in [-0.4, -0.2) is 30.2 Å². The molecule has 2 amide bonds. The number of benzene rings is 3. The molecule has 2 saturated carbocycles. The van der Waals surface area contributed by atoms with Crippen LogP contribution in [0.2, 0.25) is 10.0 Å². The molecule has 3 aromatic rings. The highest BCUT2D eigenvalue weighted by atomic mass is 35.5. The number of imide groups is 1. The van der Waals surface area contributed by atoms with Crippen molar-refractivity contribution in [1.29, 1.82) is 0 Å². The highest BCUT2D eigenvalue weighted by molar-refractivity contribution is 6.36. The van der Waals surface area contributed by atoms with E-state index in [9.17, 15) is 19.2 Å². The number of amides is 2. The van der Waals surface area contributed by atoms with Crippen LogP contribution in [-0.2, 0) is 14.3 Å². The Bertz CT molecular complexity index is 1470. The molecule has 0 N–H and O–H groups in total. The Hall–Kier alpha value is -3.48. The molecule has 1 saturated heterocycles. The zero-order valence-electron chi connectivity index (χ0n) is 20.2. The van der Waals surface area contributed by atoms with Crippen molar-refractivity contribution in [2.24, 2.45) is 23.7 Å². The zero-order chi connectivity index (χ0) is 26.6. The Labute approximate surface area is 229 Å². The first-order valence-electron chi connectivity index (χ1n) is 12.5. The van der Waals surface area contributed by atoms with E-state index in [1.807, 2.05) is 18.2 Å². The third-order valence-electron chi connectivity index (χ3n) is 8.15. The highest BCUT2D eigenvalue weighted by Crippen LogP contribution is 2.61. The van der Waals surface area contributed by atoms with E-state index in [0.29, 0.717) is 10.7 Å². The van der Waals surface area contributed by atoms with Crippen LogP contribution in [0.5, 0.6) is 0 Å². The molecule has 6 rings (SSSR count). The lowest BCUT2D eigenvalue weighted by Gasteiger charge is -2.28. The van der Waals surface area contributed by atoms with Gasteiger partial charge < -0.3 is 4.74 Å². The minimum atomic E-state index is -0.742. The Kier molecular flexibility index (Phi) is 6.33. The SMILES string of the molecule is O=C(OCC(=O)c1ccc(Cl)cc1Cl)c1cccc(N2C(=O)[C@H]3[C@H]4C[C@@H]([C@@H]3C2=O)[C@H](c2ccccc2)C4)c1. The monoisotopic (exact) mass is 547 g/mol. The number of ketones is 1. The number of carbonyl (C=O) groups is 4. The summed E-state index contributed by atoms with van der Waals surface area (Å²) in [7, 11) is 0. The topological polar surface area (TPSA) is 80.8 Å². The standard InChI is InChI=1S/C30H23Cl2NO5/c31-19-9-10-21(24(32)14-19)25(34)15-38-30(37)17-7-4-8-20(11-17)33-28(35)26-18-12-22(16-5-2-1-3-6-16)23(13-18)27(26)29(33)36/h1-11,14,18,22-23,26-27H,12-13,15H2/t18-,22+,23-,26+,27+/m1/s1. The fourth-order valence-electron chi connectivity index (χ4n) is 6.58. The van der Waals surface area contributed by atoms with Crippen molar-refractivity contribution in [3.63, 3.8) is 0 Å². The van der Waals surface area contributed by atoms with Gasteiger partial charge in [0.15, 0.2) is 6.61 Å². The smallest absolute Gasteiger partial charge is 0.338 e. The summed E-state index contributed by atoms with van der Waals surface area (Å²) in [5.74, 6) is -1.70. The molecule has 3 aliphatic rings. The van der Waals surface area contributed by atoms with Crippen molar-refractivity contribution in [3.05, 3.63) is 99.5 Å². The molecular weight excluding hydrogens is 525 g/mol. The number of hydrogen-bond donors (Lipinski definition) is 0. The lowest BCUT2D eigenvalue weighted by Crippen LogP contribution is -2.33. The van der Waals surface area contributed by atoms with E-state index in [1.54, 1.807) is 12.1 Å². The van der Waals surface area contributed by atoms with Crippen LogP contribution < -0.4 is 4.90 Å². The molecule has 192 valence electrons. The first kappa shape index (κ1) is 24.8. The van der Waals surface area contributed by atoms with Gasteiger partial charge >= 0.3 is 5.97 Å². The van der Waals surface area contributed by atoms with Gasteiger partial charge in [-0.2, -0.15) is 0 Å². The molecule has 3 fully saturated rings. The van der Waals surface area contributed by atoms with Crippen molar-refractivity contribution in [2.75, 3.05) is 11.5 Å². The second-order valence-electron chi connectivity index (χ2n) is 10.1. The lowest BCUT2D eigenvalue weighted by molar-refractivity contribution is -0.123. The number of nitrogens with zero attached hydrogens (tertiary/aromatic N) is 1. The average Bonchev–Trinajstić information content (AvgIpc) is 3.59. The molecule has 0 radical (unpaired) electrons. The predicted octanol–water partition coefficient (Wildman–Crippen LogP) is 5.96. The van der Waals surface area contributed by atoms with Gasteiger partial charge in [0.2, 0.25) is 17.6 Å². The molecule has 0 aromatic heterocycles. The van der Waals surface area contributed by atoms with Crippen LogP contribution in [0.4, 0.5) is 5.69 Å². The minimum absolute atomic E-state index is 0.132. The van der Waals surface area contributed by atoms with Crippen LogP contribution in [0.25, 0.3) is 0 Å². The van der Waals surface area contributed by atoms with E-state index in [4.69, 9.17) is 27.9 Å². The van der Waals surface area contributed by atoms with Gasteiger partial charge in [-0.25, -0.2) is 4.79 Å². The van der Waals surface area contributed by atoms with Crippen molar-refractivity contribution in [3.8, 4) is 0 Å². The third kappa shape index (κ3) is 4.12. The van der Waals surface area contributed by atoms with Crippen LogP contribution in [0.3, 0.4) is 0 Å². The first-order chi connectivity index (χ1) is 18.3. The quantitative estimate of drug-likeness (QED) is 0.216. The van der Waals surface area contributed by atoms with Gasteiger partial charge in [0, 0.05) is 10.6 Å². The summed E-state index contributed by atoms with van der Waals surface area (Å²) in [6.45, 7) is -0.514. The number of esters is 1. The Morgan fingerprint density at radius 1 is 0.868 bits per heavy atom.